The Hall–Kier alpha value is -1.08. The maximum Gasteiger partial charge on any atom is 0.433 e. The van der Waals surface area contributed by atoms with Crippen LogP contribution in [0.1, 0.15) is 11.3 Å². The molecule has 0 amide bonds. The van der Waals surface area contributed by atoms with Crippen LogP contribution in [0, 0.1) is 5.82 Å². The molecule has 0 saturated carbocycles. The van der Waals surface area contributed by atoms with E-state index >= 15 is 0 Å². The van der Waals surface area contributed by atoms with Crippen LogP contribution in [0.15, 0.2) is 24.4 Å². The van der Waals surface area contributed by atoms with Gasteiger partial charge in [-0.3, -0.25) is 0 Å². The predicted molar refractivity (Wildman–Crippen MR) is 66.2 cm³/mol. The Balaban J connectivity index is 2.62. The van der Waals surface area contributed by atoms with Crippen molar-refractivity contribution in [2.45, 2.75) is 11.5 Å². The molecule has 0 fully saturated rings. The molecule has 1 heterocycles. The molecular formula is C11H6BrClF4N2. The molecule has 0 N–H and O–H groups in total. The fraction of sp³-hybridized carbons (Fsp3) is 0.182. The number of rotatable bonds is 2. The molecule has 0 bridgehead atoms. The van der Waals surface area contributed by atoms with Crippen molar-refractivity contribution in [3.8, 4) is 5.69 Å². The summed E-state index contributed by atoms with van der Waals surface area (Å²) in [5.74, 6) is -0.803. The Morgan fingerprint density at radius 3 is 2.53 bits per heavy atom. The molecule has 0 unspecified atom stereocenters. The molecule has 102 valence electrons. The lowest BCUT2D eigenvalue weighted by Crippen LogP contribution is -2.15. The van der Waals surface area contributed by atoms with Gasteiger partial charge in [-0.05, 0) is 12.1 Å². The average molecular weight is 358 g/mol. The van der Waals surface area contributed by atoms with Crippen molar-refractivity contribution in [2.24, 2.45) is 0 Å². The van der Waals surface area contributed by atoms with E-state index in [4.69, 9.17) is 11.6 Å². The second-order valence-electron chi connectivity index (χ2n) is 3.66. The van der Waals surface area contributed by atoms with E-state index < -0.39 is 17.7 Å². The van der Waals surface area contributed by atoms with E-state index in [1.807, 2.05) is 0 Å². The van der Waals surface area contributed by atoms with Gasteiger partial charge in [-0.1, -0.05) is 27.5 Å². The van der Waals surface area contributed by atoms with Crippen LogP contribution in [-0.4, -0.2) is 9.78 Å². The van der Waals surface area contributed by atoms with Crippen LogP contribution < -0.4 is 0 Å². The zero-order valence-corrected chi connectivity index (χ0v) is 11.5. The number of halogens is 6. The summed E-state index contributed by atoms with van der Waals surface area (Å²) in [5, 5.41) is 3.49. The lowest BCUT2D eigenvalue weighted by molar-refractivity contribution is -0.143. The van der Waals surface area contributed by atoms with Crippen LogP contribution in [0.5, 0.6) is 0 Å². The smallest absolute Gasteiger partial charge is 0.228 e. The minimum Gasteiger partial charge on any atom is -0.228 e. The highest BCUT2D eigenvalue weighted by Gasteiger charge is 2.38. The molecule has 1 aromatic heterocycles. The minimum atomic E-state index is -4.59. The van der Waals surface area contributed by atoms with Gasteiger partial charge in [0.15, 0.2) is 5.69 Å². The van der Waals surface area contributed by atoms with Crippen molar-refractivity contribution in [3.05, 3.63) is 46.5 Å². The number of hydrogen-bond acceptors (Lipinski definition) is 1. The van der Waals surface area contributed by atoms with Crippen molar-refractivity contribution in [2.75, 3.05) is 0 Å². The molecule has 0 spiro atoms. The molecule has 2 aromatic rings. The Morgan fingerprint density at radius 1 is 1.32 bits per heavy atom. The lowest BCUT2D eigenvalue weighted by Gasteiger charge is -2.12. The SMILES string of the molecule is Fc1cc(-n2ncc(CBr)c2C(F)(F)F)ccc1Cl. The average Bonchev–Trinajstić information content (AvgIpc) is 2.76. The van der Waals surface area contributed by atoms with E-state index in [2.05, 4.69) is 21.0 Å². The zero-order valence-electron chi connectivity index (χ0n) is 9.18. The van der Waals surface area contributed by atoms with Crippen LogP contribution in [0.25, 0.3) is 5.69 Å². The summed E-state index contributed by atoms with van der Waals surface area (Å²) >= 11 is 8.46. The number of nitrogens with zero attached hydrogens (tertiary/aromatic N) is 2. The quantitative estimate of drug-likeness (QED) is 0.568. The molecule has 8 heteroatoms. The number of aromatic nitrogens is 2. The Kier molecular flexibility index (Phi) is 3.87. The molecule has 0 saturated heterocycles. The monoisotopic (exact) mass is 356 g/mol. The van der Waals surface area contributed by atoms with Gasteiger partial charge in [0.2, 0.25) is 0 Å². The van der Waals surface area contributed by atoms with Crippen LogP contribution in [0.3, 0.4) is 0 Å². The van der Waals surface area contributed by atoms with Gasteiger partial charge in [0, 0.05) is 17.0 Å². The normalized spacial score (nSPS) is 11.9. The molecule has 0 atom stereocenters. The summed E-state index contributed by atoms with van der Waals surface area (Å²) in [6, 6.07) is 3.36. The van der Waals surface area contributed by atoms with E-state index in [-0.39, 0.29) is 21.6 Å². The minimum absolute atomic E-state index is 0.00207. The lowest BCUT2D eigenvalue weighted by atomic mass is 10.2. The highest BCUT2D eigenvalue weighted by atomic mass is 79.9. The summed E-state index contributed by atoms with van der Waals surface area (Å²) in [7, 11) is 0. The first-order valence-corrected chi connectivity index (χ1v) is 6.50. The first-order valence-electron chi connectivity index (χ1n) is 5.00. The van der Waals surface area contributed by atoms with E-state index in [1.54, 1.807) is 0 Å². The number of benzene rings is 1. The molecule has 1 aromatic carbocycles. The highest BCUT2D eigenvalue weighted by molar-refractivity contribution is 9.08. The van der Waals surface area contributed by atoms with E-state index in [9.17, 15) is 17.6 Å². The maximum atomic E-state index is 13.3. The summed E-state index contributed by atoms with van der Waals surface area (Å²) in [6.07, 6.45) is -3.50. The third-order valence-electron chi connectivity index (χ3n) is 2.41. The van der Waals surface area contributed by atoms with Gasteiger partial charge in [-0.25, -0.2) is 9.07 Å². The van der Waals surface area contributed by atoms with Crippen LogP contribution in [-0.2, 0) is 11.5 Å². The zero-order chi connectivity index (χ0) is 14.2. The topological polar surface area (TPSA) is 17.8 Å². The third-order valence-corrected chi connectivity index (χ3v) is 3.32. The van der Waals surface area contributed by atoms with Crippen molar-refractivity contribution in [3.63, 3.8) is 0 Å². The Bertz CT molecular complexity index is 609. The van der Waals surface area contributed by atoms with Crippen molar-refractivity contribution >= 4 is 27.5 Å². The van der Waals surface area contributed by atoms with Gasteiger partial charge in [0.05, 0.1) is 16.9 Å². The molecule has 2 rings (SSSR count). The summed E-state index contributed by atoms with van der Waals surface area (Å²) in [6.45, 7) is 0. The third kappa shape index (κ3) is 2.76. The molecular weight excluding hydrogens is 351 g/mol. The predicted octanol–water partition coefficient (Wildman–Crippen LogP) is 4.58. The fourth-order valence-electron chi connectivity index (χ4n) is 1.59. The van der Waals surface area contributed by atoms with Gasteiger partial charge in [-0.2, -0.15) is 18.3 Å². The second-order valence-corrected chi connectivity index (χ2v) is 4.63. The first-order chi connectivity index (χ1) is 8.84. The second kappa shape index (κ2) is 5.13. The molecule has 0 radical (unpaired) electrons. The van der Waals surface area contributed by atoms with E-state index in [0.29, 0.717) is 4.68 Å². The van der Waals surface area contributed by atoms with Gasteiger partial charge in [0.25, 0.3) is 0 Å². The molecule has 0 aliphatic carbocycles. The molecule has 2 nitrogen and oxygen atoms in total. The van der Waals surface area contributed by atoms with Gasteiger partial charge < -0.3 is 0 Å². The van der Waals surface area contributed by atoms with Crippen LogP contribution in [0.2, 0.25) is 5.02 Å². The van der Waals surface area contributed by atoms with Crippen LogP contribution >= 0.6 is 27.5 Å². The molecule has 0 aliphatic rings. The van der Waals surface area contributed by atoms with Crippen molar-refractivity contribution in [1.29, 1.82) is 0 Å². The number of hydrogen-bond donors (Lipinski definition) is 0. The van der Waals surface area contributed by atoms with Gasteiger partial charge >= 0.3 is 6.18 Å². The highest BCUT2D eigenvalue weighted by Crippen LogP contribution is 2.34. The van der Waals surface area contributed by atoms with Gasteiger partial charge in [0.1, 0.15) is 5.82 Å². The van der Waals surface area contributed by atoms with E-state index in [0.717, 1.165) is 12.3 Å². The number of alkyl halides is 4. The summed E-state index contributed by atoms with van der Waals surface area (Å²) < 4.78 is 52.9. The summed E-state index contributed by atoms with van der Waals surface area (Å²) in [5.41, 5.74) is -1.00. The Labute approximate surface area is 119 Å². The first kappa shape index (κ1) is 14.3. The standard InChI is InChI=1S/C11H6BrClF4N2/c12-4-6-5-18-19(10(6)11(15,16)17)7-1-2-8(13)9(14)3-7/h1-3,5H,4H2. The van der Waals surface area contributed by atoms with Crippen molar-refractivity contribution < 1.29 is 17.6 Å². The fourth-order valence-corrected chi connectivity index (χ4v) is 2.12. The van der Waals surface area contributed by atoms with Gasteiger partial charge in [-0.15, -0.1) is 0 Å². The van der Waals surface area contributed by atoms with Crippen LogP contribution in [0.4, 0.5) is 17.6 Å². The Morgan fingerprint density at radius 2 is 2.00 bits per heavy atom. The van der Waals surface area contributed by atoms with E-state index in [1.165, 1.54) is 12.1 Å². The largest absolute Gasteiger partial charge is 0.433 e. The maximum absolute atomic E-state index is 13.3. The molecule has 0 aliphatic heterocycles. The summed E-state index contributed by atoms with van der Waals surface area (Å²) in [4.78, 5) is 0. The van der Waals surface area contributed by atoms with Crippen molar-refractivity contribution in [1.82, 2.24) is 9.78 Å². The molecule has 19 heavy (non-hydrogen) atoms.